The summed E-state index contributed by atoms with van der Waals surface area (Å²) < 4.78 is 1.13. The van der Waals surface area contributed by atoms with Crippen LogP contribution in [0.3, 0.4) is 0 Å². The number of anilines is 2. The Morgan fingerprint density at radius 3 is 2.32 bits per heavy atom. The third-order valence-electron chi connectivity index (χ3n) is 8.27. The number of nitrogens with two attached hydrogens (primary N) is 1. The lowest BCUT2D eigenvalue weighted by Gasteiger charge is -2.39. The van der Waals surface area contributed by atoms with Crippen LogP contribution in [0.15, 0.2) is 75.7 Å². The van der Waals surface area contributed by atoms with E-state index in [1.54, 1.807) is 17.0 Å². The lowest BCUT2D eigenvalue weighted by Crippen LogP contribution is -2.54. The van der Waals surface area contributed by atoms with Gasteiger partial charge in [0.1, 0.15) is 6.04 Å². The number of Topliss-reactive ketones (excluding diaryl/α,β-unsaturated/α-hetero) is 1. The molecule has 2 heterocycles. The Kier molecular flexibility index (Phi) is 10.4. The van der Waals surface area contributed by atoms with Gasteiger partial charge in [-0.1, -0.05) is 48.5 Å². The molecule has 3 aromatic rings. The molecule has 1 atom stereocenters. The fourth-order valence-corrected chi connectivity index (χ4v) is 6.96. The Bertz CT molecular complexity index is 1520. The summed E-state index contributed by atoms with van der Waals surface area (Å²) in [6.45, 7) is 1.44. The van der Waals surface area contributed by atoms with Gasteiger partial charge in [-0.05, 0) is 86.9 Å². The molecule has 3 aromatic carbocycles. The second-order valence-corrected chi connectivity index (χ2v) is 12.9. The number of carbonyl (C=O) groups is 4. The summed E-state index contributed by atoms with van der Waals surface area (Å²) in [5.74, 6) is -0.884. The number of benzene rings is 3. The van der Waals surface area contributed by atoms with Gasteiger partial charge < -0.3 is 26.2 Å². The smallest absolute Gasteiger partial charge is 0.322 e. The number of amides is 4. The first kappa shape index (κ1) is 31.7. The highest BCUT2D eigenvalue weighted by Crippen LogP contribution is 2.30. The zero-order chi connectivity index (χ0) is 31.2. The minimum Gasteiger partial charge on any atom is -0.397 e. The quantitative estimate of drug-likeness (QED) is 0.197. The highest BCUT2D eigenvalue weighted by Gasteiger charge is 2.34. The number of carbonyl (C=O) groups excluding carboxylic acids is 4. The first-order chi connectivity index (χ1) is 21.2. The molecule has 11 heteroatoms. The predicted molar refractivity (Wildman–Crippen MR) is 177 cm³/mol. The van der Waals surface area contributed by atoms with Crippen LogP contribution < -0.4 is 16.4 Å². The van der Waals surface area contributed by atoms with Gasteiger partial charge in [-0.25, -0.2) is 4.79 Å². The number of nitrogens with one attached hydrogen (secondary N) is 2. The fraction of sp³-hybridized carbons (Fsp3) is 0.333. The Hall–Kier alpha value is -3.70. The first-order valence-electron chi connectivity index (χ1n) is 14.7. The molecule has 0 spiro atoms. The van der Waals surface area contributed by atoms with Crippen LogP contribution in [0.2, 0.25) is 0 Å². The van der Waals surface area contributed by atoms with Crippen LogP contribution in [-0.4, -0.2) is 65.1 Å². The standard InChI is InChI=1S/C33H35Br2N5O4/c34-25-18-23(19-26(35)31(25)36)29(41)20-28(37-30(42)11-10-21-6-2-1-3-7-21)32(43)39-15-13-24(14-16-39)40-17-12-22-8-4-5-9-27(22)38-33(40)44/h1-9,18-19,24,28H,10-17,20,36H2,(H,37,42)(H,38,44). The van der Waals surface area contributed by atoms with Crippen LogP contribution >= 0.6 is 31.9 Å². The third kappa shape index (κ3) is 7.68. The van der Waals surface area contributed by atoms with Crippen LogP contribution in [-0.2, 0) is 22.4 Å². The lowest BCUT2D eigenvalue weighted by atomic mass is 9.99. The summed E-state index contributed by atoms with van der Waals surface area (Å²) in [4.78, 5) is 56.9. The SMILES string of the molecule is Nc1c(Br)cc(C(=O)CC(NC(=O)CCc2ccccc2)C(=O)N2CCC(N3CCc4ccccc4NC3=O)CC2)cc1Br. The number of para-hydroxylation sites is 1. The zero-order valence-electron chi connectivity index (χ0n) is 24.2. The van der Waals surface area contributed by atoms with Gasteiger partial charge in [0.25, 0.3) is 0 Å². The molecule has 44 heavy (non-hydrogen) atoms. The number of aryl methyl sites for hydroxylation is 1. The third-order valence-corrected chi connectivity index (χ3v) is 9.58. The van der Waals surface area contributed by atoms with Crippen molar-refractivity contribution in [3.05, 3.63) is 92.4 Å². The van der Waals surface area contributed by atoms with E-state index < -0.39 is 6.04 Å². The molecule has 1 unspecified atom stereocenters. The van der Waals surface area contributed by atoms with Gasteiger partial charge in [-0.2, -0.15) is 0 Å². The Morgan fingerprint density at radius 1 is 0.955 bits per heavy atom. The molecule has 2 aliphatic rings. The lowest BCUT2D eigenvalue weighted by molar-refractivity contribution is -0.137. The molecule has 0 bridgehead atoms. The van der Waals surface area contributed by atoms with E-state index in [0.29, 0.717) is 59.1 Å². The van der Waals surface area contributed by atoms with E-state index in [1.165, 1.54) is 0 Å². The van der Waals surface area contributed by atoms with E-state index in [-0.39, 0.29) is 42.5 Å². The van der Waals surface area contributed by atoms with Gasteiger partial charge in [-0.15, -0.1) is 0 Å². The number of nitrogens with zero attached hydrogens (tertiary/aromatic N) is 2. The molecule has 4 N–H and O–H groups in total. The topological polar surface area (TPSA) is 125 Å². The Morgan fingerprint density at radius 2 is 1.61 bits per heavy atom. The van der Waals surface area contributed by atoms with Crippen LogP contribution in [0.25, 0.3) is 0 Å². The first-order valence-corrected chi connectivity index (χ1v) is 16.3. The van der Waals surface area contributed by atoms with E-state index >= 15 is 0 Å². The van der Waals surface area contributed by atoms with Crippen LogP contribution in [0.4, 0.5) is 16.2 Å². The average molecular weight is 725 g/mol. The van der Waals surface area contributed by atoms with Crippen molar-refractivity contribution < 1.29 is 19.2 Å². The second-order valence-electron chi connectivity index (χ2n) is 11.2. The number of ketones is 1. The number of hydrogen-bond acceptors (Lipinski definition) is 5. The summed E-state index contributed by atoms with van der Waals surface area (Å²) in [5.41, 5.74) is 9.79. The normalized spacial score (nSPS) is 16.0. The fourth-order valence-electron chi connectivity index (χ4n) is 5.77. The summed E-state index contributed by atoms with van der Waals surface area (Å²) in [6.07, 6.45) is 2.49. The Balaban J connectivity index is 1.25. The second kappa shape index (κ2) is 14.4. The van der Waals surface area contributed by atoms with Crippen molar-refractivity contribution in [1.82, 2.24) is 15.1 Å². The molecule has 4 amide bonds. The number of hydrogen-bond donors (Lipinski definition) is 3. The van der Waals surface area contributed by atoms with Crippen molar-refractivity contribution in [2.45, 2.75) is 50.6 Å². The van der Waals surface area contributed by atoms with E-state index in [1.807, 2.05) is 59.5 Å². The maximum absolute atomic E-state index is 13.8. The molecule has 230 valence electrons. The van der Waals surface area contributed by atoms with Crippen molar-refractivity contribution >= 4 is 66.9 Å². The van der Waals surface area contributed by atoms with E-state index in [0.717, 1.165) is 23.2 Å². The number of rotatable bonds is 9. The molecule has 0 saturated carbocycles. The largest absolute Gasteiger partial charge is 0.397 e. The van der Waals surface area contributed by atoms with Gasteiger partial charge in [0, 0.05) is 58.7 Å². The predicted octanol–water partition coefficient (Wildman–Crippen LogP) is 5.57. The monoisotopic (exact) mass is 723 g/mol. The van der Waals surface area contributed by atoms with E-state index in [2.05, 4.69) is 42.5 Å². The van der Waals surface area contributed by atoms with Crippen LogP contribution in [0.5, 0.6) is 0 Å². The van der Waals surface area contributed by atoms with Crippen molar-refractivity contribution in [3.63, 3.8) is 0 Å². The maximum atomic E-state index is 13.8. The summed E-state index contributed by atoms with van der Waals surface area (Å²) in [7, 11) is 0. The van der Waals surface area contributed by atoms with Crippen molar-refractivity contribution in [3.8, 4) is 0 Å². The molecule has 1 saturated heterocycles. The van der Waals surface area contributed by atoms with Gasteiger partial charge in [0.05, 0.1) is 5.69 Å². The van der Waals surface area contributed by atoms with Gasteiger partial charge >= 0.3 is 6.03 Å². The minimum atomic E-state index is -1.02. The van der Waals surface area contributed by atoms with Crippen LogP contribution in [0.1, 0.15) is 47.2 Å². The highest BCUT2D eigenvalue weighted by molar-refractivity contribution is 9.11. The summed E-state index contributed by atoms with van der Waals surface area (Å²) >= 11 is 6.75. The molecular formula is C33H35Br2N5O4. The average Bonchev–Trinajstić information content (AvgIpc) is 3.20. The summed E-state index contributed by atoms with van der Waals surface area (Å²) in [6, 6.07) is 19.5. The van der Waals surface area contributed by atoms with Crippen molar-refractivity contribution in [1.29, 1.82) is 0 Å². The minimum absolute atomic E-state index is 0.0154. The number of piperidine rings is 1. The molecule has 2 aliphatic heterocycles. The molecule has 0 aromatic heterocycles. The Labute approximate surface area is 273 Å². The molecular weight excluding hydrogens is 690 g/mol. The maximum Gasteiger partial charge on any atom is 0.322 e. The van der Waals surface area contributed by atoms with Crippen LogP contribution in [0, 0.1) is 0 Å². The molecule has 0 aliphatic carbocycles. The molecule has 1 fully saturated rings. The van der Waals surface area contributed by atoms with E-state index in [9.17, 15) is 19.2 Å². The van der Waals surface area contributed by atoms with Gasteiger partial charge in [0.2, 0.25) is 11.8 Å². The summed E-state index contributed by atoms with van der Waals surface area (Å²) in [5, 5.41) is 5.87. The van der Waals surface area contributed by atoms with Gasteiger partial charge in [0.15, 0.2) is 5.78 Å². The van der Waals surface area contributed by atoms with E-state index in [4.69, 9.17) is 5.73 Å². The highest BCUT2D eigenvalue weighted by atomic mass is 79.9. The van der Waals surface area contributed by atoms with Crippen molar-refractivity contribution in [2.24, 2.45) is 0 Å². The van der Waals surface area contributed by atoms with Gasteiger partial charge in [-0.3, -0.25) is 14.4 Å². The number of nitrogen functional groups attached to an aromatic ring is 1. The number of likely N-dealkylation sites (tertiary alicyclic amines) is 1. The number of halogens is 2. The molecule has 0 radical (unpaired) electrons. The molecule has 5 rings (SSSR count). The molecule has 9 nitrogen and oxygen atoms in total. The number of urea groups is 1. The zero-order valence-corrected chi connectivity index (χ0v) is 27.4. The number of fused-ring (bicyclic) bond motifs is 1. The van der Waals surface area contributed by atoms with Crippen molar-refractivity contribution in [2.75, 3.05) is 30.7 Å².